The molecule has 0 spiro atoms. The Balaban J connectivity index is 1.98. The zero-order valence-electron chi connectivity index (χ0n) is 13.5. The third kappa shape index (κ3) is 4.52. The number of piperidine rings is 1. The molecular weight excluding hydrogens is 320 g/mol. The molecule has 2 heterocycles. The van der Waals surface area contributed by atoms with Crippen LogP contribution in [0.5, 0.6) is 0 Å². The monoisotopic (exact) mass is 344 g/mol. The van der Waals surface area contributed by atoms with Crippen molar-refractivity contribution >= 4 is 27.1 Å². The Morgan fingerprint density at radius 2 is 2.00 bits per heavy atom. The first kappa shape index (κ1) is 17.4. The summed E-state index contributed by atoms with van der Waals surface area (Å²) in [7, 11) is -2.93. The number of aryl methyl sites for hydroxylation is 2. The average Bonchev–Trinajstić information content (AvgIpc) is 2.78. The van der Waals surface area contributed by atoms with Gasteiger partial charge < -0.3 is 4.90 Å². The second kappa shape index (κ2) is 7.08. The summed E-state index contributed by atoms with van der Waals surface area (Å²) in [5.74, 6) is 0.461. The van der Waals surface area contributed by atoms with Crippen molar-refractivity contribution in [3.8, 4) is 0 Å². The molecule has 0 atom stereocenters. The second-order valence-corrected chi connectivity index (χ2v) is 9.37. The van der Waals surface area contributed by atoms with Gasteiger partial charge in [-0.25, -0.2) is 13.4 Å². The van der Waals surface area contributed by atoms with Crippen LogP contribution >= 0.6 is 11.3 Å². The number of nitrogens with zero attached hydrogens (tertiary/aromatic N) is 2. The van der Waals surface area contributed by atoms with Gasteiger partial charge >= 0.3 is 0 Å². The Kier molecular flexibility index (Phi) is 5.60. The van der Waals surface area contributed by atoms with Crippen LogP contribution in [0.3, 0.4) is 0 Å². The van der Waals surface area contributed by atoms with Gasteiger partial charge in [-0.05, 0) is 38.5 Å². The molecule has 5 nitrogen and oxygen atoms in total. The van der Waals surface area contributed by atoms with Gasteiger partial charge in [0.05, 0.1) is 16.5 Å². The first-order chi connectivity index (χ1) is 10.3. The number of carbonyl (C=O) groups is 1. The van der Waals surface area contributed by atoms with E-state index in [9.17, 15) is 13.2 Å². The fourth-order valence-electron chi connectivity index (χ4n) is 2.85. The molecule has 2 rings (SSSR count). The van der Waals surface area contributed by atoms with Crippen LogP contribution in [0.1, 0.15) is 46.6 Å². The Labute approximate surface area is 136 Å². The number of hydrogen-bond acceptors (Lipinski definition) is 5. The number of thiazole rings is 1. The molecule has 1 saturated heterocycles. The van der Waals surface area contributed by atoms with Gasteiger partial charge in [0.25, 0.3) is 5.91 Å². The Morgan fingerprint density at radius 1 is 1.36 bits per heavy atom. The lowest BCUT2D eigenvalue weighted by Gasteiger charge is -2.31. The summed E-state index contributed by atoms with van der Waals surface area (Å²) in [4.78, 5) is 19.7. The number of sulfone groups is 1. The molecule has 0 N–H and O–H groups in total. The lowest BCUT2D eigenvalue weighted by atomic mass is 9.99. The van der Waals surface area contributed by atoms with E-state index in [2.05, 4.69) is 11.9 Å². The fourth-order valence-corrected chi connectivity index (χ4v) is 5.17. The van der Waals surface area contributed by atoms with Crippen LogP contribution in [-0.4, -0.2) is 49.3 Å². The van der Waals surface area contributed by atoms with Crippen molar-refractivity contribution < 1.29 is 13.2 Å². The SMILES string of the molecule is CCCc1nc(C)c(C(=O)N2CCC(CS(C)(=O)=O)CC2)s1. The largest absolute Gasteiger partial charge is 0.338 e. The molecule has 1 fully saturated rings. The van der Waals surface area contributed by atoms with E-state index in [1.165, 1.54) is 17.6 Å². The van der Waals surface area contributed by atoms with Crippen LogP contribution in [0.15, 0.2) is 0 Å². The third-order valence-corrected chi connectivity index (χ3v) is 6.22. The zero-order chi connectivity index (χ0) is 16.3. The number of aromatic nitrogens is 1. The van der Waals surface area contributed by atoms with Gasteiger partial charge in [0.15, 0.2) is 0 Å². The van der Waals surface area contributed by atoms with Gasteiger partial charge in [0, 0.05) is 19.3 Å². The van der Waals surface area contributed by atoms with Crippen molar-refractivity contribution in [2.24, 2.45) is 5.92 Å². The van der Waals surface area contributed by atoms with E-state index in [4.69, 9.17) is 0 Å². The standard InChI is InChI=1S/C15H24N2O3S2/c1-4-5-13-16-11(2)14(21-13)15(18)17-8-6-12(7-9-17)10-22(3,19)20/h12H,4-10H2,1-3H3. The number of amides is 1. The van der Waals surface area contributed by atoms with Gasteiger partial charge in [0.2, 0.25) is 0 Å². The van der Waals surface area contributed by atoms with Crippen molar-refractivity contribution in [2.75, 3.05) is 25.1 Å². The Bertz CT molecular complexity index is 629. The van der Waals surface area contributed by atoms with Crippen molar-refractivity contribution in [3.05, 3.63) is 15.6 Å². The van der Waals surface area contributed by atoms with Crippen LogP contribution in [-0.2, 0) is 16.3 Å². The smallest absolute Gasteiger partial charge is 0.265 e. The van der Waals surface area contributed by atoms with E-state index in [0.29, 0.717) is 13.1 Å². The molecule has 1 aromatic rings. The molecule has 1 amide bonds. The maximum Gasteiger partial charge on any atom is 0.265 e. The molecule has 0 unspecified atom stereocenters. The highest BCUT2D eigenvalue weighted by Crippen LogP contribution is 2.25. The molecule has 0 aromatic carbocycles. The lowest BCUT2D eigenvalue weighted by molar-refractivity contribution is 0.0702. The number of hydrogen-bond donors (Lipinski definition) is 0. The molecule has 22 heavy (non-hydrogen) atoms. The number of carbonyl (C=O) groups excluding carboxylic acids is 1. The molecule has 1 aliphatic heterocycles. The summed E-state index contributed by atoms with van der Waals surface area (Å²) in [5.41, 5.74) is 0.816. The van der Waals surface area contributed by atoms with Gasteiger partial charge in [-0.15, -0.1) is 11.3 Å². The average molecular weight is 345 g/mol. The minimum absolute atomic E-state index is 0.0511. The summed E-state index contributed by atoms with van der Waals surface area (Å²) in [5, 5.41) is 1.02. The minimum atomic E-state index is -2.93. The topological polar surface area (TPSA) is 67.3 Å². The minimum Gasteiger partial charge on any atom is -0.338 e. The fraction of sp³-hybridized carbons (Fsp3) is 0.733. The van der Waals surface area contributed by atoms with Gasteiger partial charge in [-0.1, -0.05) is 6.92 Å². The first-order valence-corrected chi connectivity index (χ1v) is 10.6. The van der Waals surface area contributed by atoms with Crippen molar-refractivity contribution in [1.29, 1.82) is 0 Å². The molecule has 0 bridgehead atoms. The van der Waals surface area contributed by atoms with Crippen molar-refractivity contribution in [1.82, 2.24) is 9.88 Å². The predicted octanol–water partition coefficient (Wildman–Crippen LogP) is 2.30. The molecule has 0 radical (unpaired) electrons. The summed E-state index contributed by atoms with van der Waals surface area (Å²) in [6.45, 7) is 5.27. The van der Waals surface area contributed by atoms with Gasteiger partial charge in [0.1, 0.15) is 14.7 Å². The molecule has 0 aliphatic carbocycles. The molecule has 0 saturated carbocycles. The number of rotatable bonds is 5. The molecular formula is C15H24N2O3S2. The summed E-state index contributed by atoms with van der Waals surface area (Å²) < 4.78 is 22.7. The summed E-state index contributed by atoms with van der Waals surface area (Å²) in [6.07, 6.45) is 4.74. The zero-order valence-corrected chi connectivity index (χ0v) is 15.1. The van der Waals surface area contributed by atoms with E-state index >= 15 is 0 Å². The van der Waals surface area contributed by atoms with Crippen LogP contribution in [0, 0.1) is 12.8 Å². The Hall–Kier alpha value is -0.950. The van der Waals surface area contributed by atoms with Crippen LogP contribution in [0.2, 0.25) is 0 Å². The normalized spacial score (nSPS) is 17.0. The van der Waals surface area contributed by atoms with Crippen molar-refractivity contribution in [3.63, 3.8) is 0 Å². The first-order valence-electron chi connectivity index (χ1n) is 7.73. The van der Waals surface area contributed by atoms with E-state index in [1.54, 1.807) is 0 Å². The molecule has 1 aromatic heterocycles. The number of likely N-dealkylation sites (tertiary alicyclic amines) is 1. The predicted molar refractivity (Wildman–Crippen MR) is 89.2 cm³/mol. The maximum absolute atomic E-state index is 12.6. The van der Waals surface area contributed by atoms with Crippen LogP contribution in [0.4, 0.5) is 0 Å². The Morgan fingerprint density at radius 3 is 2.55 bits per heavy atom. The van der Waals surface area contributed by atoms with Crippen LogP contribution < -0.4 is 0 Å². The molecule has 1 aliphatic rings. The highest BCUT2D eigenvalue weighted by molar-refractivity contribution is 7.90. The lowest BCUT2D eigenvalue weighted by Crippen LogP contribution is -2.39. The second-order valence-electron chi connectivity index (χ2n) is 6.10. The molecule has 7 heteroatoms. The van der Waals surface area contributed by atoms with E-state index < -0.39 is 9.84 Å². The third-order valence-electron chi connectivity index (χ3n) is 3.94. The quantitative estimate of drug-likeness (QED) is 0.822. The van der Waals surface area contributed by atoms with Gasteiger partial charge in [-0.3, -0.25) is 4.79 Å². The highest BCUT2D eigenvalue weighted by Gasteiger charge is 2.27. The van der Waals surface area contributed by atoms with E-state index in [-0.39, 0.29) is 17.6 Å². The molecule has 124 valence electrons. The summed E-state index contributed by atoms with van der Waals surface area (Å²) >= 11 is 1.50. The van der Waals surface area contributed by atoms with Crippen LogP contribution in [0.25, 0.3) is 0 Å². The van der Waals surface area contributed by atoms with E-state index in [1.807, 2.05) is 11.8 Å². The maximum atomic E-state index is 12.6. The highest BCUT2D eigenvalue weighted by atomic mass is 32.2. The summed E-state index contributed by atoms with van der Waals surface area (Å²) in [6, 6.07) is 0. The van der Waals surface area contributed by atoms with E-state index in [0.717, 1.165) is 41.3 Å². The van der Waals surface area contributed by atoms with Crippen molar-refractivity contribution in [2.45, 2.75) is 39.5 Å². The van der Waals surface area contributed by atoms with Gasteiger partial charge in [-0.2, -0.15) is 0 Å².